The van der Waals surface area contributed by atoms with Crippen LogP contribution >= 0.6 is 0 Å². The van der Waals surface area contributed by atoms with Crippen LogP contribution in [0.3, 0.4) is 0 Å². The molecule has 2 fully saturated rings. The second-order valence-electron chi connectivity index (χ2n) is 6.04. The van der Waals surface area contributed by atoms with Gasteiger partial charge in [0.05, 0.1) is 10.3 Å². The van der Waals surface area contributed by atoms with Gasteiger partial charge in [0.15, 0.2) is 6.61 Å². The highest BCUT2D eigenvalue weighted by molar-refractivity contribution is 7.91. The lowest BCUT2D eigenvalue weighted by atomic mass is 10.2. The number of amides is 1. The van der Waals surface area contributed by atoms with Crippen molar-refractivity contribution in [1.29, 1.82) is 0 Å². The van der Waals surface area contributed by atoms with Gasteiger partial charge < -0.3 is 4.74 Å². The molecule has 1 saturated carbocycles. The van der Waals surface area contributed by atoms with Gasteiger partial charge in [-0.2, -0.15) is 13.2 Å². The minimum Gasteiger partial charge on any atom is -0.483 e. The zero-order valence-electron chi connectivity index (χ0n) is 12.7. The van der Waals surface area contributed by atoms with Crippen LogP contribution in [-0.4, -0.2) is 36.5 Å². The van der Waals surface area contributed by atoms with Gasteiger partial charge in [-0.25, -0.2) is 12.7 Å². The maximum Gasteiger partial charge on any atom is 0.419 e. The molecule has 1 aliphatic heterocycles. The van der Waals surface area contributed by atoms with E-state index in [1.165, 1.54) is 12.1 Å². The number of rotatable bonds is 3. The molecular weight excluding hydrogens is 347 g/mol. The summed E-state index contributed by atoms with van der Waals surface area (Å²) in [5.41, 5.74) is -1.00. The number of carbonyl (C=O) groups excluding carboxylic acids is 1. The molecule has 3 rings (SSSR count). The quantitative estimate of drug-likeness (QED) is 0.828. The van der Waals surface area contributed by atoms with Crippen molar-refractivity contribution in [1.82, 2.24) is 4.31 Å². The fourth-order valence-corrected chi connectivity index (χ4v) is 5.15. The monoisotopic (exact) mass is 363 g/mol. The maximum absolute atomic E-state index is 12.9. The average Bonchev–Trinajstić information content (AvgIpc) is 3.28. The van der Waals surface area contributed by atoms with E-state index in [-0.39, 0.29) is 6.54 Å². The van der Waals surface area contributed by atoms with Crippen LogP contribution in [0, 0.1) is 0 Å². The van der Waals surface area contributed by atoms with Crippen LogP contribution in [0.2, 0.25) is 0 Å². The third-order valence-electron chi connectivity index (χ3n) is 4.46. The molecule has 5 nitrogen and oxygen atoms in total. The fraction of sp³-hybridized carbons (Fsp3) is 0.533. The molecule has 0 unspecified atom stereocenters. The predicted octanol–water partition coefficient (Wildman–Crippen LogP) is 2.57. The van der Waals surface area contributed by atoms with Crippen molar-refractivity contribution in [3.8, 4) is 5.75 Å². The van der Waals surface area contributed by atoms with Gasteiger partial charge >= 0.3 is 6.18 Å². The smallest absolute Gasteiger partial charge is 0.419 e. The standard InChI is InChI=1S/C15H16F3NO4S/c16-15(17,18)11-4-1-2-5-12(11)23-10-13(20)19-9-3-6-14(7-8-14)24(19,21)22/h1-2,4-5H,3,6-10H2. The lowest BCUT2D eigenvalue weighted by molar-refractivity contribution is -0.140. The Labute approximate surface area is 137 Å². The summed E-state index contributed by atoms with van der Waals surface area (Å²) in [5.74, 6) is -1.33. The normalized spacial score (nSPS) is 21.5. The molecule has 1 aliphatic carbocycles. The number of halogens is 3. The van der Waals surface area contributed by atoms with E-state index >= 15 is 0 Å². The van der Waals surface area contributed by atoms with Gasteiger partial charge in [0.25, 0.3) is 5.91 Å². The van der Waals surface area contributed by atoms with E-state index in [9.17, 15) is 26.4 Å². The second kappa shape index (κ2) is 5.65. The van der Waals surface area contributed by atoms with E-state index in [1.807, 2.05) is 0 Å². The average molecular weight is 363 g/mol. The zero-order chi connectivity index (χ0) is 17.6. The van der Waals surface area contributed by atoms with E-state index in [4.69, 9.17) is 4.74 Å². The van der Waals surface area contributed by atoms with E-state index in [0.717, 1.165) is 16.4 Å². The molecule has 0 aromatic heterocycles. The van der Waals surface area contributed by atoms with Crippen molar-refractivity contribution in [3.05, 3.63) is 29.8 Å². The highest BCUT2D eigenvalue weighted by Crippen LogP contribution is 2.51. The Morgan fingerprint density at radius 3 is 2.50 bits per heavy atom. The summed E-state index contributed by atoms with van der Waals surface area (Å²) in [6.07, 6.45) is -2.48. The van der Waals surface area contributed by atoms with Crippen molar-refractivity contribution < 1.29 is 31.1 Å². The molecule has 1 heterocycles. The summed E-state index contributed by atoms with van der Waals surface area (Å²) < 4.78 is 68.5. The molecule has 0 bridgehead atoms. The Hall–Kier alpha value is -1.77. The molecule has 1 saturated heterocycles. The number of ether oxygens (including phenoxy) is 1. The Kier molecular flexibility index (Phi) is 4.01. The lowest BCUT2D eigenvalue weighted by Crippen LogP contribution is -2.49. The third-order valence-corrected chi connectivity index (χ3v) is 7.13. The van der Waals surface area contributed by atoms with Crippen LogP contribution in [-0.2, 0) is 21.0 Å². The summed E-state index contributed by atoms with van der Waals surface area (Å²) in [6.45, 7) is -0.699. The molecular formula is C15H16F3NO4S. The van der Waals surface area contributed by atoms with Crippen molar-refractivity contribution in [2.45, 2.75) is 36.6 Å². The van der Waals surface area contributed by atoms with Gasteiger partial charge in [0.2, 0.25) is 10.0 Å². The number of benzene rings is 1. The zero-order valence-corrected chi connectivity index (χ0v) is 13.5. The van der Waals surface area contributed by atoms with Crippen LogP contribution in [0.1, 0.15) is 31.2 Å². The molecule has 1 spiro atoms. The highest BCUT2D eigenvalue weighted by atomic mass is 32.2. The Morgan fingerprint density at radius 2 is 1.88 bits per heavy atom. The molecule has 1 amide bonds. The molecule has 0 radical (unpaired) electrons. The van der Waals surface area contributed by atoms with Gasteiger partial charge in [-0.3, -0.25) is 4.79 Å². The minimum atomic E-state index is -4.62. The molecule has 24 heavy (non-hydrogen) atoms. The van der Waals surface area contributed by atoms with E-state index in [2.05, 4.69) is 0 Å². The van der Waals surface area contributed by atoms with Crippen LogP contribution in [0.25, 0.3) is 0 Å². The van der Waals surface area contributed by atoms with Gasteiger partial charge in [-0.15, -0.1) is 0 Å². The summed E-state index contributed by atoms with van der Waals surface area (Å²) in [6, 6.07) is 4.51. The number of alkyl halides is 3. The second-order valence-corrected chi connectivity index (χ2v) is 8.30. The van der Waals surface area contributed by atoms with Gasteiger partial charge in [0.1, 0.15) is 5.75 Å². The first-order valence-electron chi connectivity index (χ1n) is 7.52. The van der Waals surface area contributed by atoms with E-state index < -0.39 is 44.8 Å². The molecule has 2 aliphatic rings. The topological polar surface area (TPSA) is 63.7 Å². The van der Waals surface area contributed by atoms with Crippen LogP contribution in [0.5, 0.6) is 5.75 Å². The number of sulfonamides is 1. The largest absolute Gasteiger partial charge is 0.483 e. The number of carbonyl (C=O) groups is 1. The summed E-state index contributed by atoms with van der Waals surface area (Å²) in [4.78, 5) is 12.2. The molecule has 1 aromatic carbocycles. The van der Waals surface area contributed by atoms with Crippen LogP contribution < -0.4 is 4.74 Å². The molecule has 1 aromatic rings. The van der Waals surface area contributed by atoms with Crippen molar-refractivity contribution in [2.24, 2.45) is 0 Å². The summed E-state index contributed by atoms with van der Waals surface area (Å²) >= 11 is 0. The minimum absolute atomic E-state index is 0.0488. The van der Waals surface area contributed by atoms with Crippen molar-refractivity contribution in [3.63, 3.8) is 0 Å². The first-order valence-corrected chi connectivity index (χ1v) is 8.96. The Morgan fingerprint density at radius 1 is 1.21 bits per heavy atom. The molecule has 0 atom stereocenters. The predicted molar refractivity (Wildman–Crippen MR) is 78.8 cm³/mol. The molecule has 132 valence electrons. The van der Waals surface area contributed by atoms with Gasteiger partial charge in [0, 0.05) is 6.54 Å². The van der Waals surface area contributed by atoms with Crippen molar-refractivity contribution >= 4 is 15.9 Å². The van der Waals surface area contributed by atoms with Crippen LogP contribution in [0.4, 0.5) is 13.2 Å². The number of hydrogen-bond acceptors (Lipinski definition) is 4. The van der Waals surface area contributed by atoms with Crippen molar-refractivity contribution in [2.75, 3.05) is 13.2 Å². The fourth-order valence-electron chi connectivity index (χ4n) is 2.97. The summed E-state index contributed by atoms with van der Waals surface area (Å²) in [5, 5.41) is 0. The number of para-hydroxylation sites is 1. The SMILES string of the molecule is O=C(COc1ccccc1C(F)(F)F)N1CCCC2(CC2)S1(=O)=O. The Balaban J connectivity index is 1.73. The molecule has 0 N–H and O–H groups in total. The number of nitrogens with zero attached hydrogens (tertiary/aromatic N) is 1. The van der Waals surface area contributed by atoms with Crippen LogP contribution in [0.15, 0.2) is 24.3 Å². The van der Waals surface area contributed by atoms with E-state index in [0.29, 0.717) is 25.7 Å². The first kappa shape index (κ1) is 17.1. The highest BCUT2D eigenvalue weighted by Gasteiger charge is 2.59. The number of hydrogen-bond donors (Lipinski definition) is 0. The van der Waals surface area contributed by atoms with Gasteiger partial charge in [-0.1, -0.05) is 12.1 Å². The van der Waals surface area contributed by atoms with E-state index in [1.54, 1.807) is 0 Å². The first-order chi connectivity index (χ1) is 11.2. The maximum atomic E-state index is 12.9. The summed E-state index contributed by atoms with van der Waals surface area (Å²) in [7, 11) is -3.75. The lowest BCUT2D eigenvalue weighted by Gasteiger charge is -2.32. The molecule has 9 heteroatoms. The van der Waals surface area contributed by atoms with Gasteiger partial charge in [-0.05, 0) is 37.8 Å². The third kappa shape index (κ3) is 2.85. The Bertz CT molecular complexity index is 756.